The number of anilines is 1. The summed E-state index contributed by atoms with van der Waals surface area (Å²) in [4.78, 5) is 16.4. The Kier molecular flexibility index (Phi) is 3.25. The van der Waals surface area contributed by atoms with Crippen molar-refractivity contribution in [2.45, 2.75) is 6.10 Å². The van der Waals surface area contributed by atoms with Crippen LogP contribution in [0.5, 0.6) is 11.5 Å². The molecule has 1 unspecified atom stereocenters. The van der Waals surface area contributed by atoms with Gasteiger partial charge in [-0.05, 0) is 18.2 Å². The molecule has 20 heavy (non-hydrogen) atoms. The highest BCUT2D eigenvalue weighted by molar-refractivity contribution is 6.00. The van der Waals surface area contributed by atoms with Gasteiger partial charge in [0, 0.05) is 11.8 Å². The lowest BCUT2D eigenvalue weighted by atomic mass is 10.1. The summed E-state index contributed by atoms with van der Waals surface area (Å²) in [5, 5.41) is 3.19. The minimum Gasteiger partial charge on any atom is -0.495 e. The standard InChI is InChI=1S/C15H14N2O3/c1-19-11-6-10(7-16-8-11)15(18)14-9-17-12-4-2-3-5-13(12)20-14/h2-8,14,17H,9H2,1H3. The van der Waals surface area contributed by atoms with Gasteiger partial charge in [0.15, 0.2) is 6.10 Å². The molecule has 2 heterocycles. The van der Waals surface area contributed by atoms with Crippen molar-refractivity contribution in [3.8, 4) is 11.5 Å². The Morgan fingerprint density at radius 1 is 1.40 bits per heavy atom. The fourth-order valence-corrected chi connectivity index (χ4v) is 2.11. The molecule has 5 nitrogen and oxygen atoms in total. The first-order valence-electron chi connectivity index (χ1n) is 6.31. The molecule has 0 bridgehead atoms. The van der Waals surface area contributed by atoms with Crippen molar-refractivity contribution in [2.75, 3.05) is 19.0 Å². The van der Waals surface area contributed by atoms with Crippen molar-refractivity contribution in [2.24, 2.45) is 0 Å². The van der Waals surface area contributed by atoms with Crippen LogP contribution in [0.3, 0.4) is 0 Å². The number of carbonyl (C=O) groups excluding carboxylic acids is 1. The minimum atomic E-state index is -0.557. The van der Waals surface area contributed by atoms with Crippen LogP contribution in [-0.4, -0.2) is 30.5 Å². The van der Waals surface area contributed by atoms with Gasteiger partial charge in [-0.1, -0.05) is 12.1 Å². The topological polar surface area (TPSA) is 60.5 Å². The Labute approximate surface area is 116 Å². The summed E-state index contributed by atoms with van der Waals surface area (Å²) < 4.78 is 10.8. The van der Waals surface area contributed by atoms with Crippen molar-refractivity contribution >= 4 is 11.5 Å². The number of hydrogen-bond acceptors (Lipinski definition) is 5. The number of nitrogens with zero attached hydrogens (tertiary/aromatic N) is 1. The summed E-state index contributed by atoms with van der Waals surface area (Å²) in [6.07, 6.45) is 2.53. The summed E-state index contributed by atoms with van der Waals surface area (Å²) in [6, 6.07) is 9.22. The summed E-state index contributed by atoms with van der Waals surface area (Å²) in [5.74, 6) is 1.13. The largest absolute Gasteiger partial charge is 0.495 e. The Balaban J connectivity index is 1.82. The maximum Gasteiger partial charge on any atom is 0.206 e. The number of aromatic nitrogens is 1. The van der Waals surface area contributed by atoms with E-state index in [0.717, 1.165) is 5.69 Å². The van der Waals surface area contributed by atoms with Crippen LogP contribution in [0.2, 0.25) is 0 Å². The first-order chi connectivity index (χ1) is 9.78. The first kappa shape index (κ1) is 12.5. The Morgan fingerprint density at radius 3 is 3.10 bits per heavy atom. The van der Waals surface area contributed by atoms with Crippen LogP contribution in [0.15, 0.2) is 42.7 Å². The van der Waals surface area contributed by atoms with E-state index in [2.05, 4.69) is 10.3 Å². The first-order valence-corrected chi connectivity index (χ1v) is 6.31. The molecule has 0 saturated carbocycles. The Bertz CT molecular complexity index is 643. The molecule has 1 aliphatic rings. The lowest BCUT2D eigenvalue weighted by molar-refractivity contribution is 0.0801. The predicted molar refractivity (Wildman–Crippen MR) is 74.5 cm³/mol. The second-order valence-corrected chi connectivity index (χ2v) is 4.46. The average molecular weight is 270 g/mol. The number of benzene rings is 1. The van der Waals surface area contributed by atoms with Gasteiger partial charge in [-0.2, -0.15) is 0 Å². The number of methoxy groups -OCH3 is 1. The second kappa shape index (κ2) is 5.21. The molecule has 1 atom stereocenters. The molecular formula is C15H14N2O3. The summed E-state index contributed by atoms with van der Waals surface area (Å²) >= 11 is 0. The van der Waals surface area contributed by atoms with Gasteiger partial charge in [0.25, 0.3) is 0 Å². The zero-order valence-electron chi connectivity index (χ0n) is 11.0. The SMILES string of the molecule is COc1cncc(C(=O)C2CNc3ccccc3O2)c1. The van der Waals surface area contributed by atoms with Crippen LogP contribution in [0.4, 0.5) is 5.69 Å². The number of hydrogen-bond donors (Lipinski definition) is 1. The number of nitrogens with one attached hydrogen (secondary N) is 1. The number of pyridine rings is 1. The number of ether oxygens (including phenoxy) is 2. The highest BCUT2D eigenvalue weighted by atomic mass is 16.5. The third-order valence-corrected chi connectivity index (χ3v) is 3.16. The van der Waals surface area contributed by atoms with Crippen LogP contribution < -0.4 is 14.8 Å². The lowest BCUT2D eigenvalue weighted by Gasteiger charge is -2.26. The smallest absolute Gasteiger partial charge is 0.206 e. The van der Waals surface area contributed by atoms with Gasteiger partial charge < -0.3 is 14.8 Å². The fraction of sp³-hybridized carbons (Fsp3) is 0.200. The third kappa shape index (κ3) is 2.30. The molecule has 0 fully saturated rings. The molecule has 0 amide bonds. The maximum atomic E-state index is 12.4. The molecule has 0 spiro atoms. The van der Waals surface area contributed by atoms with Gasteiger partial charge in [-0.3, -0.25) is 9.78 Å². The summed E-state index contributed by atoms with van der Waals surface area (Å²) in [6.45, 7) is 0.438. The molecule has 3 rings (SSSR count). The van der Waals surface area contributed by atoms with Gasteiger partial charge in [0.1, 0.15) is 11.5 Å². The van der Waals surface area contributed by atoms with Crippen molar-refractivity contribution < 1.29 is 14.3 Å². The molecule has 1 aromatic carbocycles. The van der Waals surface area contributed by atoms with Crippen LogP contribution in [-0.2, 0) is 0 Å². The highest BCUT2D eigenvalue weighted by Crippen LogP contribution is 2.29. The molecule has 1 N–H and O–H groups in total. The van der Waals surface area contributed by atoms with E-state index >= 15 is 0 Å². The number of fused-ring (bicyclic) bond motifs is 1. The number of rotatable bonds is 3. The zero-order valence-corrected chi connectivity index (χ0v) is 11.0. The molecule has 0 saturated heterocycles. The van der Waals surface area contributed by atoms with E-state index < -0.39 is 6.10 Å². The van der Waals surface area contributed by atoms with E-state index in [-0.39, 0.29) is 5.78 Å². The van der Waals surface area contributed by atoms with E-state index in [0.29, 0.717) is 23.6 Å². The molecule has 2 aromatic rings. The van der Waals surface area contributed by atoms with E-state index in [1.807, 2.05) is 24.3 Å². The highest BCUT2D eigenvalue weighted by Gasteiger charge is 2.27. The lowest BCUT2D eigenvalue weighted by Crippen LogP contribution is -2.37. The minimum absolute atomic E-state index is 0.113. The van der Waals surface area contributed by atoms with Crippen LogP contribution in [0.25, 0.3) is 0 Å². The monoisotopic (exact) mass is 270 g/mol. The quantitative estimate of drug-likeness (QED) is 0.866. The van der Waals surface area contributed by atoms with Crippen molar-refractivity contribution in [1.82, 2.24) is 4.98 Å². The molecule has 1 aliphatic heterocycles. The van der Waals surface area contributed by atoms with Crippen molar-refractivity contribution in [3.05, 3.63) is 48.3 Å². The van der Waals surface area contributed by atoms with E-state index in [4.69, 9.17) is 9.47 Å². The molecule has 1 aromatic heterocycles. The maximum absolute atomic E-state index is 12.4. The third-order valence-electron chi connectivity index (χ3n) is 3.16. The summed E-state index contributed by atoms with van der Waals surface area (Å²) in [5.41, 5.74) is 1.39. The van der Waals surface area contributed by atoms with Gasteiger partial charge in [0.05, 0.1) is 25.5 Å². The van der Waals surface area contributed by atoms with E-state index in [1.165, 1.54) is 6.20 Å². The van der Waals surface area contributed by atoms with Gasteiger partial charge in [-0.15, -0.1) is 0 Å². The zero-order chi connectivity index (χ0) is 13.9. The molecule has 0 aliphatic carbocycles. The Hall–Kier alpha value is -2.56. The number of carbonyl (C=O) groups is 1. The fourth-order valence-electron chi connectivity index (χ4n) is 2.11. The average Bonchev–Trinajstić information content (AvgIpc) is 2.53. The van der Waals surface area contributed by atoms with Crippen LogP contribution in [0, 0.1) is 0 Å². The van der Waals surface area contributed by atoms with Crippen LogP contribution >= 0.6 is 0 Å². The predicted octanol–water partition coefficient (Wildman–Crippen LogP) is 2.15. The molecule has 5 heteroatoms. The molecule has 0 radical (unpaired) electrons. The van der Waals surface area contributed by atoms with Crippen LogP contribution in [0.1, 0.15) is 10.4 Å². The van der Waals surface area contributed by atoms with Gasteiger partial charge in [0.2, 0.25) is 5.78 Å². The van der Waals surface area contributed by atoms with Crippen molar-refractivity contribution in [1.29, 1.82) is 0 Å². The van der Waals surface area contributed by atoms with Crippen molar-refractivity contribution in [3.63, 3.8) is 0 Å². The Morgan fingerprint density at radius 2 is 2.25 bits per heavy atom. The normalized spacial score (nSPS) is 16.6. The molecular weight excluding hydrogens is 256 g/mol. The summed E-state index contributed by atoms with van der Waals surface area (Å²) in [7, 11) is 1.54. The number of ketones is 1. The van der Waals surface area contributed by atoms with E-state index in [9.17, 15) is 4.79 Å². The van der Waals surface area contributed by atoms with Gasteiger partial charge in [-0.25, -0.2) is 0 Å². The van der Waals surface area contributed by atoms with Gasteiger partial charge >= 0.3 is 0 Å². The molecule has 102 valence electrons. The number of para-hydroxylation sites is 2. The number of Topliss-reactive ketones (excluding diaryl/α,β-unsaturated/α-hetero) is 1. The second-order valence-electron chi connectivity index (χ2n) is 4.46. The van der Waals surface area contributed by atoms with E-state index in [1.54, 1.807) is 19.4 Å².